The van der Waals surface area contributed by atoms with Crippen molar-refractivity contribution >= 4 is 39.9 Å². The van der Waals surface area contributed by atoms with E-state index < -0.39 is 28.7 Å². The van der Waals surface area contributed by atoms with Crippen molar-refractivity contribution in [1.29, 1.82) is 0 Å². The summed E-state index contributed by atoms with van der Waals surface area (Å²) < 4.78 is 11.5. The maximum Gasteiger partial charge on any atom is 0.313 e. The molecule has 2 aromatic rings. The minimum atomic E-state index is -1.13. The number of halogens is 1. The van der Waals surface area contributed by atoms with Gasteiger partial charge in [-0.2, -0.15) is 0 Å². The van der Waals surface area contributed by atoms with E-state index in [9.17, 15) is 13.8 Å². The number of anilines is 1. The lowest BCUT2D eigenvalue weighted by atomic mass is 10.1. The lowest BCUT2D eigenvalue weighted by Crippen LogP contribution is -2.39. The number of hydrogen-bond donors (Lipinski definition) is 2. The summed E-state index contributed by atoms with van der Waals surface area (Å²) in [6.07, 6.45) is 1.55. The summed E-state index contributed by atoms with van der Waals surface area (Å²) in [7, 11) is -1.13. The summed E-state index contributed by atoms with van der Waals surface area (Å²) in [6, 6.07) is 15.0. The van der Waals surface area contributed by atoms with E-state index in [1.807, 2.05) is 30.3 Å². The highest BCUT2D eigenvalue weighted by Crippen LogP contribution is 2.15. The highest BCUT2D eigenvalue weighted by molar-refractivity contribution is 7.84. The van der Waals surface area contributed by atoms with E-state index in [0.29, 0.717) is 10.7 Å². The lowest BCUT2D eigenvalue weighted by Gasteiger charge is -2.18. The predicted molar refractivity (Wildman–Crippen MR) is 96.3 cm³/mol. The zero-order chi connectivity index (χ0) is 17.5. The molecule has 0 saturated heterocycles. The first-order valence-electron chi connectivity index (χ1n) is 7.18. The number of rotatable bonds is 5. The molecule has 126 valence electrons. The van der Waals surface area contributed by atoms with Crippen molar-refractivity contribution < 1.29 is 13.8 Å². The Morgan fingerprint density at radius 1 is 1.04 bits per heavy atom. The molecule has 0 aromatic heterocycles. The minimum Gasteiger partial charge on any atom is -0.340 e. The molecule has 2 aromatic carbocycles. The van der Waals surface area contributed by atoms with E-state index in [-0.39, 0.29) is 5.75 Å². The Hall–Kier alpha value is -2.18. The van der Waals surface area contributed by atoms with Gasteiger partial charge in [0.2, 0.25) is 0 Å². The third-order valence-electron chi connectivity index (χ3n) is 3.22. The van der Waals surface area contributed by atoms with Crippen LogP contribution in [0.3, 0.4) is 0 Å². The third-order valence-corrected chi connectivity index (χ3v) is 4.27. The van der Waals surface area contributed by atoms with Gasteiger partial charge in [0, 0.05) is 33.5 Å². The van der Waals surface area contributed by atoms with Crippen LogP contribution in [0.25, 0.3) is 0 Å². The number of benzene rings is 2. The molecule has 5 nitrogen and oxygen atoms in total. The molecule has 2 N–H and O–H groups in total. The van der Waals surface area contributed by atoms with Gasteiger partial charge in [-0.3, -0.25) is 13.8 Å². The van der Waals surface area contributed by atoms with Crippen LogP contribution in [-0.4, -0.2) is 28.0 Å². The quantitative estimate of drug-likeness (QED) is 0.800. The molecule has 0 fully saturated rings. The molecule has 2 atom stereocenters. The highest BCUT2D eigenvalue weighted by Gasteiger charge is 2.21. The van der Waals surface area contributed by atoms with E-state index in [2.05, 4.69) is 10.6 Å². The smallest absolute Gasteiger partial charge is 0.313 e. The van der Waals surface area contributed by atoms with Crippen LogP contribution < -0.4 is 10.6 Å². The molecule has 24 heavy (non-hydrogen) atoms. The Kier molecular flexibility index (Phi) is 6.52. The molecule has 0 unspecified atom stereocenters. The topological polar surface area (TPSA) is 75.3 Å². The second kappa shape index (κ2) is 8.61. The summed E-state index contributed by atoms with van der Waals surface area (Å²) in [5, 5.41) is 5.65. The maximum atomic E-state index is 12.1. The lowest BCUT2D eigenvalue weighted by molar-refractivity contribution is -0.136. The molecule has 0 aliphatic heterocycles. The second-order valence-electron chi connectivity index (χ2n) is 5.14. The van der Waals surface area contributed by atoms with Crippen LogP contribution >= 0.6 is 11.6 Å². The molecule has 0 spiro atoms. The zero-order valence-corrected chi connectivity index (χ0v) is 14.6. The highest BCUT2D eigenvalue weighted by atomic mass is 35.5. The van der Waals surface area contributed by atoms with Crippen molar-refractivity contribution in [3.05, 3.63) is 65.2 Å². The first-order valence-corrected chi connectivity index (χ1v) is 9.28. The average Bonchev–Trinajstić information content (AvgIpc) is 2.56. The fourth-order valence-corrected chi connectivity index (χ4v) is 2.96. The van der Waals surface area contributed by atoms with Crippen molar-refractivity contribution in [3.63, 3.8) is 0 Å². The molecule has 0 aliphatic carbocycles. The Labute approximate surface area is 147 Å². The molecule has 2 amide bonds. The van der Waals surface area contributed by atoms with Gasteiger partial charge < -0.3 is 10.6 Å². The number of carbonyl (C=O) groups excluding carboxylic acids is 2. The Morgan fingerprint density at radius 3 is 2.25 bits per heavy atom. The van der Waals surface area contributed by atoms with Crippen molar-refractivity contribution in [1.82, 2.24) is 5.32 Å². The standard InChI is InChI=1S/C17H17ClN2O3S/c1-24(23)11-15(12-5-3-2-4-6-12)20-17(22)16(21)19-14-9-7-13(18)8-10-14/h2-10,15H,11H2,1H3,(H,19,21)(H,20,22)/t15-,24-/m0/s1. The van der Waals surface area contributed by atoms with Crippen LogP contribution in [0.2, 0.25) is 5.02 Å². The Balaban J connectivity index is 2.05. The van der Waals surface area contributed by atoms with Gasteiger partial charge in [0.25, 0.3) is 0 Å². The molecule has 0 heterocycles. The third kappa shape index (κ3) is 5.47. The monoisotopic (exact) mass is 364 g/mol. The van der Waals surface area contributed by atoms with Gasteiger partial charge >= 0.3 is 11.8 Å². The number of hydrogen-bond acceptors (Lipinski definition) is 3. The molecular weight excluding hydrogens is 348 g/mol. The molecule has 0 saturated carbocycles. The van der Waals surface area contributed by atoms with Gasteiger partial charge in [-0.15, -0.1) is 0 Å². The summed E-state index contributed by atoms with van der Waals surface area (Å²) >= 11 is 5.78. The molecule has 0 aliphatic rings. The molecule has 0 bridgehead atoms. The van der Waals surface area contributed by atoms with Crippen LogP contribution in [0.5, 0.6) is 0 Å². The summed E-state index contributed by atoms with van der Waals surface area (Å²) in [6.45, 7) is 0. The molecule has 7 heteroatoms. The van der Waals surface area contributed by atoms with E-state index in [1.54, 1.807) is 30.5 Å². The van der Waals surface area contributed by atoms with Crippen LogP contribution in [0.1, 0.15) is 11.6 Å². The van der Waals surface area contributed by atoms with Crippen LogP contribution in [-0.2, 0) is 20.4 Å². The van der Waals surface area contributed by atoms with Crippen molar-refractivity contribution in [2.75, 3.05) is 17.3 Å². The number of amides is 2. The van der Waals surface area contributed by atoms with Crippen LogP contribution in [0.4, 0.5) is 5.69 Å². The minimum absolute atomic E-state index is 0.226. The number of carbonyl (C=O) groups is 2. The second-order valence-corrected chi connectivity index (χ2v) is 7.05. The van der Waals surface area contributed by atoms with E-state index in [0.717, 1.165) is 5.56 Å². The largest absolute Gasteiger partial charge is 0.340 e. The van der Waals surface area contributed by atoms with Crippen molar-refractivity contribution in [2.45, 2.75) is 6.04 Å². The fourth-order valence-electron chi connectivity index (χ4n) is 2.09. The molecule has 0 radical (unpaired) electrons. The van der Waals surface area contributed by atoms with Gasteiger partial charge in [0.05, 0.1) is 6.04 Å². The van der Waals surface area contributed by atoms with Gasteiger partial charge in [-0.25, -0.2) is 0 Å². The van der Waals surface area contributed by atoms with Crippen LogP contribution in [0.15, 0.2) is 54.6 Å². The predicted octanol–water partition coefficient (Wildman–Crippen LogP) is 2.51. The van der Waals surface area contributed by atoms with Gasteiger partial charge in [0.1, 0.15) is 0 Å². The summed E-state index contributed by atoms with van der Waals surface area (Å²) in [5.41, 5.74) is 1.26. The van der Waals surface area contributed by atoms with E-state index >= 15 is 0 Å². The summed E-state index contributed by atoms with van der Waals surface area (Å²) in [4.78, 5) is 24.1. The normalized spacial score (nSPS) is 12.9. The van der Waals surface area contributed by atoms with Crippen LogP contribution in [0, 0.1) is 0 Å². The van der Waals surface area contributed by atoms with Gasteiger partial charge in [-0.1, -0.05) is 41.9 Å². The first-order chi connectivity index (χ1) is 11.5. The molecule has 2 rings (SSSR count). The zero-order valence-electron chi connectivity index (χ0n) is 13.0. The maximum absolute atomic E-state index is 12.1. The Bertz CT molecular complexity index is 735. The van der Waals surface area contributed by atoms with Crippen molar-refractivity contribution in [3.8, 4) is 0 Å². The Morgan fingerprint density at radius 2 is 1.67 bits per heavy atom. The van der Waals surface area contributed by atoms with E-state index in [4.69, 9.17) is 11.6 Å². The SMILES string of the molecule is C[S@](=O)C[C@H](NC(=O)C(=O)Nc1ccc(Cl)cc1)c1ccccc1. The van der Waals surface area contributed by atoms with Gasteiger partial charge in [-0.05, 0) is 29.8 Å². The average molecular weight is 365 g/mol. The van der Waals surface area contributed by atoms with Crippen molar-refractivity contribution in [2.24, 2.45) is 0 Å². The van der Waals surface area contributed by atoms with Gasteiger partial charge in [0.15, 0.2) is 0 Å². The summed E-state index contributed by atoms with van der Waals surface area (Å²) in [5.74, 6) is -1.35. The van der Waals surface area contributed by atoms with E-state index in [1.165, 1.54) is 0 Å². The molecular formula is C17H17ClN2O3S. The first kappa shape index (κ1) is 18.2. The number of nitrogens with one attached hydrogen (secondary N) is 2. The fraction of sp³-hybridized carbons (Fsp3) is 0.176.